The predicted octanol–water partition coefficient (Wildman–Crippen LogP) is 3.29. The number of ether oxygens (including phenoxy) is 1. The Morgan fingerprint density at radius 1 is 1.44 bits per heavy atom. The topological polar surface area (TPSA) is 26.3 Å². The summed E-state index contributed by atoms with van der Waals surface area (Å²) in [7, 11) is 0. The van der Waals surface area contributed by atoms with Crippen LogP contribution in [0.15, 0.2) is 29.2 Å². The number of rotatable bonds is 5. The van der Waals surface area contributed by atoms with Crippen LogP contribution in [0.5, 0.6) is 0 Å². The molecule has 0 aromatic heterocycles. The molecule has 0 aliphatic heterocycles. The Labute approximate surface area is 101 Å². The van der Waals surface area contributed by atoms with Crippen molar-refractivity contribution in [2.75, 3.05) is 6.61 Å². The number of hydrogen-bond acceptors (Lipinski definition) is 3. The predicted molar refractivity (Wildman–Crippen MR) is 67.8 cm³/mol. The fourth-order valence-electron chi connectivity index (χ4n) is 1.38. The second-order valence-corrected chi connectivity index (χ2v) is 5.45. The van der Waals surface area contributed by atoms with E-state index in [1.807, 2.05) is 19.1 Å². The molecule has 0 radical (unpaired) electrons. The molecule has 0 saturated carbocycles. The van der Waals surface area contributed by atoms with Crippen LogP contribution >= 0.6 is 11.8 Å². The summed E-state index contributed by atoms with van der Waals surface area (Å²) in [6.07, 6.45) is 0.361. The molecular weight excluding hydrogens is 220 g/mol. The van der Waals surface area contributed by atoms with E-state index in [0.717, 1.165) is 5.56 Å². The molecule has 0 atom stereocenters. The lowest BCUT2D eigenvalue weighted by Crippen LogP contribution is -2.07. The van der Waals surface area contributed by atoms with Gasteiger partial charge in [0.15, 0.2) is 0 Å². The second kappa shape index (κ2) is 6.59. The van der Waals surface area contributed by atoms with Crippen molar-refractivity contribution in [1.29, 1.82) is 0 Å². The first kappa shape index (κ1) is 13.1. The van der Waals surface area contributed by atoms with Gasteiger partial charge in [-0.1, -0.05) is 26.0 Å². The molecule has 0 saturated heterocycles. The van der Waals surface area contributed by atoms with Gasteiger partial charge in [0, 0.05) is 10.1 Å². The normalized spacial score (nSPS) is 10.5. The molecule has 0 bridgehead atoms. The van der Waals surface area contributed by atoms with E-state index in [1.54, 1.807) is 11.8 Å². The molecule has 16 heavy (non-hydrogen) atoms. The third kappa shape index (κ3) is 4.71. The SMILES string of the molecule is CCOC(=O)Cc1cccc(SC(C)C)c1. The van der Waals surface area contributed by atoms with E-state index in [2.05, 4.69) is 26.0 Å². The van der Waals surface area contributed by atoms with Crippen molar-refractivity contribution in [3.05, 3.63) is 29.8 Å². The highest BCUT2D eigenvalue weighted by molar-refractivity contribution is 7.99. The summed E-state index contributed by atoms with van der Waals surface area (Å²) in [4.78, 5) is 12.5. The first-order chi connectivity index (χ1) is 7.61. The molecule has 3 heteroatoms. The average Bonchev–Trinajstić information content (AvgIpc) is 2.17. The Bertz CT molecular complexity index is 348. The highest BCUT2D eigenvalue weighted by Gasteiger charge is 2.05. The third-order valence-electron chi connectivity index (χ3n) is 1.92. The van der Waals surface area contributed by atoms with Gasteiger partial charge < -0.3 is 4.74 Å². The number of carbonyl (C=O) groups excluding carboxylic acids is 1. The minimum absolute atomic E-state index is 0.158. The molecule has 0 spiro atoms. The summed E-state index contributed by atoms with van der Waals surface area (Å²) in [6.45, 7) is 6.58. The highest BCUT2D eigenvalue weighted by Crippen LogP contribution is 2.23. The van der Waals surface area contributed by atoms with E-state index in [1.165, 1.54) is 4.90 Å². The lowest BCUT2D eigenvalue weighted by atomic mass is 10.1. The van der Waals surface area contributed by atoms with E-state index >= 15 is 0 Å². The summed E-state index contributed by atoms with van der Waals surface area (Å²) in [5, 5.41) is 0.554. The van der Waals surface area contributed by atoms with E-state index < -0.39 is 0 Å². The molecule has 1 aromatic carbocycles. The standard InChI is InChI=1S/C13H18O2S/c1-4-15-13(14)9-11-6-5-7-12(8-11)16-10(2)3/h5-8,10H,4,9H2,1-3H3. The maximum atomic E-state index is 11.3. The summed E-state index contributed by atoms with van der Waals surface area (Å²) < 4.78 is 4.92. The molecule has 2 nitrogen and oxygen atoms in total. The van der Waals surface area contributed by atoms with Crippen LogP contribution in [0.3, 0.4) is 0 Å². The van der Waals surface area contributed by atoms with Crippen LogP contribution < -0.4 is 0 Å². The van der Waals surface area contributed by atoms with Gasteiger partial charge in [0.2, 0.25) is 0 Å². The molecule has 1 aromatic rings. The van der Waals surface area contributed by atoms with Gasteiger partial charge >= 0.3 is 5.97 Å². The van der Waals surface area contributed by atoms with E-state index in [4.69, 9.17) is 4.74 Å². The van der Waals surface area contributed by atoms with E-state index in [9.17, 15) is 4.79 Å². The number of benzene rings is 1. The smallest absolute Gasteiger partial charge is 0.310 e. The van der Waals surface area contributed by atoms with Crippen molar-refractivity contribution in [2.45, 2.75) is 37.3 Å². The molecule has 0 fully saturated rings. The van der Waals surface area contributed by atoms with Gasteiger partial charge in [0.05, 0.1) is 13.0 Å². The third-order valence-corrected chi connectivity index (χ3v) is 2.92. The van der Waals surface area contributed by atoms with Gasteiger partial charge in [-0.2, -0.15) is 0 Å². The van der Waals surface area contributed by atoms with Gasteiger partial charge in [-0.3, -0.25) is 4.79 Å². The summed E-state index contributed by atoms with van der Waals surface area (Å²) in [6, 6.07) is 8.07. The zero-order valence-electron chi connectivity index (χ0n) is 10.0. The van der Waals surface area contributed by atoms with Crippen molar-refractivity contribution in [2.24, 2.45) is 0 Å². The van der Waals surface area contributed by atoms with Crippen molar-refractivity contribution < 1.29 is 9.53 Å². The first-order valence-corrected chi connectivity index (χ1v) is 6.41. The molecule has 0 unspecified atom stereocenters. The Morgan fingerprint density at radius 3 is 2.81 bits per heavy atom. The minimum Gasteiger partial charge on any atom is -0.466 e. The maximum Gasteiger partial charge on any atom is 0.310 e. The zero-order chi connectivity index (χ0) is 12.0. The maximum absolute atomic E-state index is 11.3. The average molecular weight is 238 g/mol. The zero-order valence-corrected chi connectivity index (χ0v) is 10.8. The quantitative estimate of drug-likeness (QED) is 0.581. The Kier molecular flexibility index (Phi) is 5.39. The fraction of sp³-hybridized carbons (Fsp3) is 0.462. The fourth-order valence-corrected chi connectivity index (χ4v) is 2.30. The molecule has 88 valence electrons. The van der Waals surface area contributed by atoms with Crippen LogP contribution in [0.4, 0.5) is 0 Å². The largest absolute Gasteiger partial charge is 0.466 e. The summed E-state index contributed by atoms with van der Waals surface area (Å²) in [5.74, 6) is -0.158. The van der Waals surface area contributed by atoms with Crippen molar-refractivity contribution in [3.63, 3.8) is 0 Å². The molecule has 0 heterocycles. The summed E-state index contributed by atoms with van der Waals surface area (Å²) in [5.41, 5.74) is 1.02. The Morgan fingerprint density at radius 2 is 2.19 bits per heavy atom. The Hall–Kier alpha value is -0.960. The van der Waals surface area contributed by atoms with Crippen molar-refractivity contribution >= 4 is 17.7 Å². The van der Waals surface area contributed by atoms with Crippen molar-refractivity contribution in [1.82, 2.24) is 0 Å². The molecule has 0 amide bonds. The minimum atomic E-state index is -0.158. The highest BCUT2D eigenvalue weighted by atomic mass is 32.2. The van der Waals surface area contributed by atoms with Crippen LogP contribution in [0, 0.1) is 0 Å². The molecule has 0 aliphatic rings. The Balaban J connectivity index is 2.63. The lowest BCUT2D eigenvalue weighted by Gasteiger charge is -2.07. The van der Waals surface area contributed by atoms with Gasteiger partial charge in [0.25, 0.3) is 0 Å². The first-order valence-electron chi connectivity index (χ1n) is 5.53. The molecule has 0 aliphatic carbocycles. The van der Waals surface area contributed by atoms with Crippen LogP contribution in [-0.2, 0) is 16.0 Å². The van der Waals surface area contributed by atoms with Crippen LogP contribution in [-0.4, -0.2) is 17.8 Å². The van der Waals surface area contributed by atoms with Gasteiger partial charge in [-0.15, -0.1) is 11.8 Å². The van der Waals surface area contributed by atoms with Crippen molar-refractivity contribution in [3.8, 4) is 0 Å². The van der Waals surface area contributed by atoms with Gasteiger partial charge in [0.1, 0.15) is 0 Å². The molecule has 0 N–H and O–H groups in total. The number of hydrogen-bond donors (Lipinski definition) is 0. The number of thioether (sulfide) groups is 1. The number of carbonyl (C=O) groups is 1. The molecular formula is C13H18O2S. The monoisotopic (exact) mass is 238 g/mol. The van der Waals surface area contributed by atoms with Crippen LogP contribution in [0.1, 0.15) is 26.3 Å². The molecule has 1 rings (SSSR count). The van der Waals surface area contributed by atoms with Gasteiger partial charge in [-0.05, 0) is 24.6 Å². The summed E-state index contributed by atoms with van der Waals surface area (Å²) >= 11 is 1.80. The van der Waals surface area contributed by atoms with E-state index in [0.29, 0.717) is 18.3 Å². The van der Waals surface area contributed by atoms with Gasteiger partial charge in [-0.25, -0.2) is 0 Å². The van der Waals surface area contributed by atoms with Crippen LogP contribution in [0.25, 0.3) is 0 Å². The number of esters is 1. The lowest BCUT2D eigenvalue weighted by molar-refractivity contribution is -0.142. The van der Waals surface area contributed by atoms with E-state index in [-0.39, 0.29) is 5.97 Å². The second-order valence-electron chi connectivity index (χ2n) is 3.80. The van der Waals surface area contributed by atoms with Crippen LogP contribution in [0.2, 0.25) is 0 Å².